The normalized spacial score (nSPS) is 9.85. The van der Waals surface area contributed by atoms with Gasteiger partial charge in [-0.25, -0.2) is 4.98 Å². The Morgan fingerprint density at radius 1 is 1.15 bits per heavy atom. The highest BCUT2D eigenvalue weighted by Crippen LogP contribution is 2.35. The summed E-state index contributed by atoms with van der Waals surface area (Å²) in [6.45, 7) is 0. The number of nitrogens with two attached hydrogens (primary N) is 2. The molecule has 0 spiro atoms. The highest BCUT2D eigenvalue weighted by atomic mass is 16.5. The van der Waals surface area contributed by atoms with E-state index in [4.69, 9.17) is 20.9 Å². The number of ether oxygens (including phenoxy) is 2. The molecule has 0 saturated heterocycles. The van der Waals surface area contributed by atoms with Crippen molar-refractivity contribution >= 4 is 11.8 Å². The number of hydrogen-bond acceptors (Lipinski definition) is 7. The zero-order valence-corrected chi connectivity index (χ0v) is 11.0. The van der Waals surface area contributed by atoms with Gasteiger partial charge in [-0.1, -0.05) is 0 Å². The quantitative estimate of drug-likeness (QED) is 0.860. The van der Waals surface area contributed by atoms with E-state index in [9.17, 15) is 5.26 Å². The first-order valence-corrected chi connectivity index (χ1v) is 5.66. The fourth-order valence-electron chi connectivity index (χ4n) is 1.80. The van der Waals surface area contributed by atoms with E-state index in [0.717, 1.165) is 0 Å². The van der Waals surface area contributed by atoms with Gasteiger partial charge in [0.05, 0.1) is 19.9 Å². The molecule has 0 aliphatic rings. The van der Waals surface area contributed by atoms with Gasteiger partial charge in [0.2, 0.25) is 5.95 Å². The predicted molar refractivity (Wildman–Crippen MR) is 74.1 cm³/mol. The molecular formula is C13H13N5O2. The van der Waals surface area contributed by atoms with Crippen molar-refractivity contribution in [1.29, 1.82) is 5.26 Å². The molecule has 2 rings (SSSR count). The average molecular weight is 271 g/mol. The average Bonchev–Trinajstić information content (AvgIpc) is 2.45. The first-order chi connectivity index (χ1) is 9.60. The number of aromatic nitrogens is 2. The predicted octanol–water partition coefficient (Wildman–Crippen LogP) is 1.20. The number of nitrogens with zero attached hydrogens (tertiary/aromatic N) is 3. The Bertz CT molecular complexity index is 694. The summed E-state index contributed by atoms with van der Waals surface area (Å²) in [6.07, 6.45) is 0. The van der Waals surface area contributed by atoms with Crippen LogP contribution in [0.25, 0.3) is 11.3 Å². The van der Waals surface area contributed by atoms with Gasteiger partial charge < -0.3 is 20.9 Å². The Balaban J connectivity index is 2.76. The summed E-state index contributed by atoms with van der Waals surface area (Å²) in [6, 6.07) is 7.12. The Labute approximate surface area is 115 Å². The number of benzene rings is 1. The molecule has 0 atom stereocenters. The van der Waals surface area contributed by atoms with E-state index in [0.29, 0.717) is 22.8 Å². The van der Waals surface area contributed by atoms with Gasteiger partial charge in [0.1, 0.15) is 28.9 Å². The van der Waals surface area contributed by atoms with E-state index in [1.54, 1.807) is 25.3 Å². The zero-order valence-electron chi connectivity index (χ0n) is 11.0. The van der Waals surface area contributed by atoms with Crippen LogP contribution in [0.5, 0.6) is 11.5 Å². The fraction of sp³-hybridized carbons (Fsp3) is 0.154. The summed E-state index contributed by atoms with van der Waals surface area (Å²) in [4.78, 5) is 7.87. The van der Waals surface area contributed by atoms with E-state index in [2.05, 4.69) is 9.97 Å². The molecule has 102 valence electrons. The molecule has 0 amide bonds. The maximum atomic E-state index is 9.22. The molecule has 1 heterocycles. The minimum atomic E-state index is -0.0126. The number of hydrogen-bond donors (Lipinski definition) is 2. The third-order valence-corrected chi connectivity index (χ3v) is 2.73. The van der Waals surface area contributed by atoms with E-state index in [1.807, 2.05) is 6.07 Å². The molecule has 4 N–H and O–H groups in total. The lowest BCUT2D eigenvalue weighted by molar-refractivity contribution is 0.404. The minimum absolute atomic E-state index is 0.0126. The van der Waals surface area contributed by atoms with Crippen LogP contribution in [0.2, 0.25) is 0 Å². The van der Waals surface area contributed by atoms with Crippen LogP contribution in [0, 0.1) is 11.3 Å². The van der Waals surface area contributed by atoms with Gasteiger partial charge in [0.25, 0.3) is 0 Å². The van der Waals surface area contributed by atoms with Crippen LogP contribution in [0.15, 0.2) is 18.2 Å². The smallest absolute Gasteiger partial charge is 0.222 e. The van der Waals surface area contributed by atoms with Crippen LogP contribution in [-0.2, 0) is 0 Å². The van der Waals surface area contributed by atoms with Gasteiger partial charge in [0.15, 0.2) is 0 Å². The van der Waals surface area contributed by atoms with Crippen LogP contribution in [0.3, 0.4) is 0 Å². The van der Waals surface area contributed by atoms with E-state index >= 15 is 0 Å². The van der Waals surface area contributed by atoms with Gasteiger partial charge in [-0.05, 0) is 18.2 Å². The summed E-state index contributed by atoms with van der Waals surface area (Å²) < 4.78 is 10.4. The lowest BCUT2D eigenvalue weighted by Crippen LogP contribution is -2.05. The van der Waals surface area contributed by atoms with Crippen molar-refractivity contribution in [3.8, 4) is 28.8 Å². The number of methoxy groups -OCH3 is 2. The third kappa shape index (κ3) is 2.27. The van der Waals surface area contributed by atoms with Crippen LogP contribution < -0.4 is 20.9 Å². The van der Waals surface area contributed by atoms with Crippen LogP contribution in [-0.4, -0.2) is 24.2 Å². The van der Waals surface area contributed by atoms with Gasteiger partial charge in [0, 0.05) is 5.56 Å². The topological polar surface area (TPSA) is 120 Å². The molecule has 0 bridgehead atoms. The largest absolute Gasteiger partial charge is 0.497 e. The second-order valence-electron chi connectivity index (χ2n) is 3.87. The molecule has 0 unspecified atom stereocenters. The lowest BCUT2D eigenvalue weighted by atomic mass is 10.1. The molecule has 0 aliphatic carbocycles. The van der Waals surface area contributed by atoms with Gasteiger partial charge in [-0.15, -0.1) is 0 Å². The summed E-state index contributed by atoms with van der Waals surface area (Å²) in [7, 11) is 3.06. The van der Waals surface area contributed by atoms with Gasteiger partial charge in [-0.3, -0.25) is 0 Å². The van der Waals surface area contributed by atoms with E-state index < -0.39 is 0 Å². The number of anilines is 2. The van der Waals surface area contributed by atoms with Crippen molar-refractivity contribution in [2.24, 2.45) is 0 Å². The van der Waals surface area contributed by atoms with Crippen molar-refractivity contribution < 1.29 is 9.47 Å². The van der Waals surface area contributed by atoms with Crippen LogP contribution in [0.1, 0.15) is 5.56 Å². The van der Waals surface area contributed by atoms with Crippen LogP contribution in [0.4, 0.5) is 11.8 Å². The second-order valence-corrected chi connectivity index (χ2v) is 3.87. The molecule has 0 aliphatic heterocycles. The Hall–Kier alpha value is -3.01. The van der Waals surface area contributed by atoms with Crippen molar-refractivity contribution in [3.63, 3.8) is 0 Å². The molecule has 7 nitrogen and oxygen atoms in total. The molecule has 0 saturated carbocycles. The second kappa shape index (κ2) is 5.32. The molecule has 1 aromatic carbocycles. The third-order valence-electron chi connectivity index (χ3n) is 2.73. The lowest BCUT2D eigenvalue weighted by Gasteiger charge is -2.12. The molecule has 0 fully saturated rings. The van der Waals surface area contributed by atoms with E-state index in [-0.39, 0.29) is 17.3 Å². The number of nitriles is 1. The molecule has 1 aromatic heterocycles. The standard InChI is InChI=1S/C13H13N5O2/c1-19-7-3-4-10(20-2)8(5-7)11-9(6-14)12(15)18-13(16)17-11/h3-5H,1-2H3,(H4,15,16,17,18). The van der Waals surface area contributed by atoms with Crippen molar-refractivity contribution in [2.75, 3.05) is 25.7 Å². The zero-order chi connectivity index (χ0) is 14.7. The highest BCUT2D eigenvalue weighted by Gasteiger charge is 2.17. The molecule has 2 aromatic rings. The molecule has 0 radical (unpaired) electrons. The monoisotopic (exact) mass is 271 g/mol. The summed E-state index contributed by atoms with van der Waals surface area (Å²) in [5.74, 6) is 1.14. The van der Waals surface area contributed by atoms with Crippen LogP contribution >= 0.6 is 0 Å². The van der Waals surface area contributed by atoms with Crippen molar-refractivity contribution in [2.45, 2.75) is 0 Å². The maximum Gasteiger partial charge on any atom is 0.222 e. The summed E-state index contributed by atoms with van der Waals surface area (Å²) >= 11 is 0. The fourth-order valence-corrected chi connectivity index (χ4v) is 1.80. The Morgan fingerprint density at radius 3 is 2.50 bits per heavy atom. The molecule has 7 heteroatoms. The molecule has 20 heavy (non-hydrogen) atoms. The summed E-state index contributed by atoms with van der Waals surface area (Å²) in [5.41, 5.74) is 12.3. The van der Waals surface area contributed by atoms with E-state index in [1.165, 1.54) is 7.11 Å². The summed E-state index contributed by atoms with van der Waals surface area (Å²) in [5, 5.41) is 9.22. The Morgan fingerprint density at radius 2 is 1.90 bits per heavy atom. The SMILES string of the molecule is COc1ccc(OC)c(-c2nc(N)nc(N)c2C#N)c1. The minimum Gasteiger partial charge on any atom is -0.497 e. The molecular weight excluding hydrogens is 258 g/mol. The van der Waals surface area contributed by atoms with Crippen molar-refractivity contribution in [1.82, 2.24) is 9.97 Å². The highest BCUT2D eigenvalue weighted by molar-refractivity contribution is 5.78. The Kier molecular flexibility index (Phi) is 3.57. The maximum absolute atomic E-state index is 9.22. The number of nitrogen functional groups attached to an aromatic ring is 2. The van der Waals surface area contributed by atoms with Gasteiger partial charge >= 0.3 is 0 Å². The number of rotatable bonds is 3. The van der Waals surface area contributed by atoms with Crippen molar-refractivity contribution in [3.05, 3.63) is 23.8 Å². The van der Waals surface area contributed by atoms with Gasteiger partial charge in [-0.2, -0.15) is 10.2 Å². The first kappa shape index (κ1) is 13.4. The first-order valence-electron chi connectivity index (χ1n) is 5.66.